The summed E-state index contributed by atoms with van der Waals surface area (Å²) in [5, 5.41) is 15.0. The van der Waals surface area contributed by atoms with Crippen LogP contribution in [0.3, 0.4) is 0 Å². The average molecular weight is 420 g/mol. The van der Waals surface area contributed by atoms with Gasteiger partial charge in [0.05, 0.1) is 6.07 Å². The topological polar surface area (TPSA) is 115 Å². The van der Waals surface area contributed by atoms with Gasteiger partial charge in [0.1, 0.15) is 18.2 Å². The van der Waals surface area contributed by atoms with Crippen molar-refractivity contribution in [3.05, 3.63) is 0 Å². The number of hydrogen-bond acceptors (Lipinski definition) is 6. The Morgan fingerprint density at radius 1 is 1.33 bits per heavy atom. The van der Waals surface area contributed by atoms with E-state index >= 15 is 0 Å². The second kappa shape index (κ2) is 9.21. The van der Waals surface area contributed by atoms with Gasteiger partial charge in [-0.2, -0.15) is 5.26 Å². The lowest BCUT2D eigenvalue weighted by Gasteiger charge is -2.31. The second-order valence-corrected chi connectivity index (χ2v) is 9.60. The summed E-state index contributed by atoms with van der Waals surface area (Å²) < 4.78 is 5.71. The Balaban J connectivity index is 1.61. The second-order valence-electron chi connectivity index (χ2n) is 9.60. The van der Waals surface area contributed by atoms with E-state index in [1.807, 2.05) is 20.9 Å². The molecule has 9 heteroatoms. The molecule has 2 N–H and O–H groups in total. The maximum Gasteiger partial charge on any atom is 0.410 e. The smallest absolute Gasteiger partial charge is 0.410 e. The van der Waals surface area contributed by atoms with Gasteiger partial charge in [-0.15, -0.1) is 0 Å². The number of piperidine rings is 1. The molecule has 3 heterocycles. The molecule has 0 bridgehead atoms. The Bertz CT molecular complexity index is 711. The summed E-state index contributed by atoms with van der Waals surface area (Å²) in [5.41, 5.74) is -0.221. The third-order valence-electron chi connectivity index (χ3n) is 6.35. The van der Waals surface area contributed by atoms with Crippen molar-refractivity contribution in [3.8, 4) is 6.07 Å². The third-order valence-corrected chi connectivity index (χ3v) is 6.35. The van der Waals surface area contributed by atoms with Crippen molar-refractivity contribution in [3.63, 3.8) is 0 Å². The molecule has 30 heavy (non-hydrogen) atoms. The first kappa shape index (κ1) is 22.3. The highest BCUT2D eigenvalue weighted by atomic mass is 16.6. The minimum atomic E-state index is -0.762. The number of amides is 3. The molecule has 0 aromatic carbocycles. The van der Waals surface area contributed by atoms with Gasteiger partial charge < -0.3 is 20.3 Å². The fourth-order valence-corrected chi connectivity index (χ4v) is 4.57. The maximum atomic E-state index is 13.0. The number of ether oxygens (including phenoxy) is 1. The lowest BCUT2D eigenvalue weighted by molar-refractivity contribution is -0.127. The molecule has 3 atom stereocenters. The van der Waals surface area contributed by atoms with Gasteiger partial charge in [-0.3, -0.25) is 14.5 Å². The van der Waals surface area contributed by atoms with Crippen molar-refractivity contribution in [1.29, 1.82) is 5.26 Å². The molecule has 3 unspecified atom stereocenters. The highest BCUT2D eigenvalue weighted by Crippen LogP contribution is 2.35. The van der Waals surface area contributed by atoms with Gasteiger partial charge in [-0.05, 0) is 44.6 Å². The molecule has 3 aliphatic heterocycles. The Hall–Kier alpha value is -2.34. The van der Waals surface area contributed by atoms with E-state index in [4.69, 9.17) is 4.74 Å². The first-order valence-corrected chi connectivity index (χ1v) is 10.8. The van der Waals surface area contributed by atoms with E-state index in [0.29, 0.717) is 25.9 Å². The Morgan fingerprint density at radius 2 is 2.03 bits per heavy atom. The van der Waals surface area contributed by atoms with E-state index in [1.54, 1.807) is 0 Å². The molecule has 3 fully saturated rings. The van der Waals surface area contributed by atoms with Crippen LogP contribution in [0.25, 0.3) is 0 Å². The van der Waals surface area contributed by atoms with E-state index in [-0.39, 0.29) is 35.7 Å². The molecule has 0 aromatic heterocycles. The highest BCUT2D eigenvalue weighted by Gasteiger charge is 2.45. The number of rotatable bonds is 5. The number of nitriles is 1. The normalized spacial score (nSPS) is 27.9. The Kier molecular flexibility index (Phi) is 6.86. The quantitative estimate of drug-likeness (QED) is 0.683. The molecule has 0 radical (unpaired) electrons. The van der Waals surface area contributed by atoms with Crippen molar-refractivity contribution in [1.82, 2.24) is 20.4 Å². The highest BCUT2D eigenvalue weighted by molar-refractivity contribution is 5.87. The van der Waals surface area contributed by atoms with Crippen molar-refractivity contribution in [2.45, 2.75) is 64.1 Å². The molecule has 3 aliphatic rings. The molecular weight excluding hydrogens is 386 g/mol. The third kappa shape index (κ3) is 5.42. The Labute approximate surface area is 178 Å². The van der Waals surface area contributed by atoms with E-state index in [0.717, 1.165) is 25.9 Å². The predicted octanol–water partition coefficient (Wildman–Crippen LogP) is 0.852. The van der Waals surface area contributed by atoms with Crippen LogP contribution in [0.2, 0.25) is 0 Å². The zero-order valence-electron chi connectivity index (χ0n) is 18.1. The number of nitrogens with one attached hydrogen (secondary N) is 2. The monoisotopic (exact) mass is 419 g/mol. The van der Waals surface area contributed by atoms with E-state index in [9.17, 15) is 19.6 Å². The number of carbonyl (C=O) groups is 3. The molecule has 0 saturated carbocycles. The predicted molar refractivity (Wildman–Crippen MR) is 109 cm³/mol. The van der Waals surface area contributed by atoms with Gasteiger partial charge in [0.25, 0.3) is 0 Å². The minimum absolute atomic E-state index is 0.0742. The van der Waals surface area contributed by atoms with Crippen LogP contribution in [0, 0.1) is 22.7 Å². The molecule has 3 rings (SSSR count). The number of nitrogens with zero attached hydrogens (tertiary/aromatic N) is 3. The van der Waals surface area contributed by atoms with Crippen LogP contribution in [0.5, 0.6) is 0 Å². The summed E-state index contributed by atoms with van der Waals surface area (Å²) in [6.07, 6.45) is 2.44. The van der Waals surface area contributed by atoms with Gasteiger partial charge in [-0.25, -0.2) is 4.79 Å². The van der Waals surface area contributed by atoms with Crippen LogP contribution in [-0.4, -0.2) is 79.1 Å². The summed E-state index contributed by atoms with van der Waals surface area (Å²) in [6, 6.07) is 0.651. The zero-order valence-corrected chi connectivity index (χ0v) is 18.1. The number of carbonyl (C=O) groups excluding carboxylic acids is 3. The first-order valence-electron chi connectivity index (χ1n) is 10.8. The first-order chi connectivity index (χ1) is 14.2. The van der Waals surface area contributed by atoms with E-state index in [2.05, 4.69) is 21.6 Å². The number of likely N-dealkylation sites (tertiary alicyclic amines) is 2. The molecule has 0 spiro atoms. The van der Waals surface area contributed by atoms with Gasteiger partial charge in [0.2, 0.25) is 11.8 Å². The SMILES string of the molecule is CN1CCC(OC(=O)N2CC(C)(C)CC2C(=O)NC(C#N)CC2CCNC2=O)CC1. The van der Waals surface area contributed by atoms with Crippen LogP contribution in [0.15, 0.2) is 0 Å². The minimum Gasteiger partial charge on any atom is -0.446 e. The van der Waals surface area contributed by atoms with Crippen molar-refractivity contribution < 1.29 is 19.1 Å². The summed E-state index contributed by atoms with van der Waals surface area (Å²) in [4.78, 5) is 41.4. The summed E-state index contributed by atoms with van der Waals surface area (Å²) in [5.74, 6) is -0.693. The lowest BCUT2D eigenvalue weighted by atomic mass is 9.90. The molecule has 9 nitrogen and oxygen atoms in total. The van der Waals surface area contributed by atoms with Crippen molar-refractivity contribution >= 4 is 17.9 Å². The molecule has 0 aliphatic carbocycles. The maximum absolute atomic E-state index is 13.0. The standard InChI is InChI=1S/C21H33N5O4/c1-21(2)11-17(19(28)24-15(12-22)10-14-4-7-23-18(14)27)26(13-21)20(29)30-16-5-8-25(3)9-6-16/h14-17H,4-11,13H2,1-3H3,(H,23,27)(H,24,28). The average Bonchev–Trinajstić information content (AvgIpc) is 3.25. The summed E-state index contributed by atoms with van der Waals surface area (Å²) >= 11 is 0. The largest absolute Gasteiger partial charge is 0.446 e. The van der Waals surface area contributed by atoms with Gasteiger partial charge >= 0.3 is 6.09 Å². The molecule has 3 saturated heterocycles. The number of hydrogen-bond donors (Lipinski definition) is 2. The summed E-state index contributed by atoms with van der Waals surface area (Å²) in [7, 11) is 2.04. The summed E-state index contributed by atoms with van der Waals surface area (Å²) in [6.45, 7) is 6.82. The van der Waals surface area contributed by atoms with Crippen LogP contribution in [0.4, 0.5) is 4.79 Å². The lowest BCUT2D eigenvalue weighted by Crippen LogP contribution is -2.50. The van der Waals surface area contributed by atoms with Gasteiger partial charge in [-0.1, -0.05) is 13.8 Å². The molecule has 0 aromatic rings. The van der Waals surface area contributed by atoms with Crippen LogP contribution >= 0.6 is 0 Å². The van der Waals surface area contributed by atoms with Crippen LogP contribution in [-0.2, 0) is 14.3 Å². The van der Waals surface area contributed by atoms with Crippen LogP contribution < -0.4 is 10.6 Å². The molecular formula is C21H33N5O4. The van der Waals surface area contributed by atoms with Gasteiger partial charge in [0.15, 0.2) is 0 Å². The van der Waals surface area contributed by atoms with E-state index < -0.39 is 18.2 Å². The molecule has 3 amide bonds. The van der Waals surface area contributed by atoms with Crippen molar-refractivity contribution in [2.75, 3.05) is 33.2 Å². The Morgan fingerprint density at radius 3 is 2.63 bits per heavy atom. The fourth-order valence-electron chi connectivity index (χ4n) is 4.57. The van der Waals surface area contributed by atoms with Crippen LogP contribution in [0.1, 0.15) is 46.0 Å². The van der Waals surface area contributed by atoms with Crippen molar-refractivity contribution in [2.24, 2.45) is 11.3 Å². The zero-order chi connectivity index (χ0) is 21.9. The van der Waals surface area contributed by atoms with E-state index in [1.165, 1.54) is 4.90 Å². The molecule has 166 valence electrons. The van der Waals surface area contributed by atoms with Gasteiger partial charge in [0, 0.05) is 32.1 Å². The fraction of sp³-hybridized carbons (Fsp3) is 0.810.